The van der Waals surface area contributed by atoms with Crippen LogP contribution < -0.4 is 0 Å². The van der Waals surface area contributed by atoms with Gasteiger partial charge in [-0.25, -0.2) is 4.39 Å². The minimum atomic E-state index is -0.221. The molecule has 21 aromatic carbocycles. The average Bonchev–Trinajstić information content (AvgIpc) is 1.56. The summed E-state index contributed by atoms with van der Waals surface area (Å²) in [5, 5.41) is 21.8. The molecule has 10 heteroatoms. The van der Waals surface area contributed by atoms with E-state index in [9.17, 15) is 4.39 Å². The van der Waals surface area contributed by atoms with Gasteiger partial charge in [-0.2, -0.15) is 0 Å². The molecule has 636 valence electrons. The summed E-state index contributed by atoms with van der Waals surface area (Å²) in [7, 11) is 0. The molecule has 0 aliphatic rings. The lowest BCUT2D eigenvalue weighted by Crippen LogP contribution is -1.96. The largest absolute Gasteiger partial charge is 0.455 e. The molecule has 0 amide bonds. The fourth-order valence-electron chi connectivity index (χ4n) is 21.7. The summed E-state index contributed by atoms with van der Waals surface area (Å²) in [5.41, 5.74) is 28.7. The summed E-state index contributed by atoms with van der Waals surface area (Å²) >= 11 is 5.53. The van der Waals surface area contributed by atoms with Crippen LogP contribution in [0.4, 0.5) is 4.39 Å². The summed E-state index contributed by atoms with van der Waals surface area (Å²) in [6.45, 7) is 0. The van der Waals surface area contributed by atoms with E-state index in [-0.39, 0.29) is 5.82 Å². The van der Waals surface area contributed by atoms with Gasteiger partial charge >= 0.3 is 0 Å². The number of thiophene rings is 3. The summed E-state index contributed by atoms with van der Waals surface area (Å²) in [4.78, 5) is 0. The van der Waals surface area contributed by atoms with Crippen molar-refractivity contribution in [1.29, 1.82) is 0 Å². The molecular weight excluding hydrogens is 1720 g/mol. The quantitative estimate of drug-likeness (QED) is 0.145. The van der Waals surface area contributed by atoms with Crippen LogP contribution in [-0.2, 0) is 0 Å². The first-order valence-corrected chi connectivity index (χ1v) is 48.4. The first-order chi connectivity index (χ1) is 67.3. The van der Waals surface area contributed by atoms with Crippen LogP contribution >= 0.6 is 34.0 Å². The number of halogens is 1. The van der Waals surface area contributed by atoms with Crippen molar-refractivity contribution in [3.8, 4) is 78.4 Å². The Morgan fingerprint density at radius 3 is 1.14 bits per heavy atom. The van der Waals surface area contributed by atoms with Crippen LogP contribution in [0.1, 0.15) is 0 Å². The van der Waals surface area contributed by atoms with E-state index in [0.717, 1.165) is 122 Å². The minimum absolute atomic E-state index is 0.221. The van der Waals surface area contributed by atoms with Gasteiger partial charge < -0.3 is 27.1 Å². The Labute approximate surface area is 790 Å². The number of hydrogen-bond donors (Lipinski definition) is 0. The average molecular weight is 1790 g/mol. The molecule has 0 aliphatic carbocycles. The zero-order chi connectivity index (χ0) is 89.3. The third kappa shape index (κ3) is 12.4. The smallest absolute Gasteiger partial charge is 0.143 e. The summed E-state index contributed by atoms with van der Waals surface area (Å²) in [6.07, 6.45) is 0. The molecular formula is C126H75FN4O2S3. The van der Waals surface area contributed by atoms with Gasteiger partial charge in [-0.15, -0.1) is 34.0 Å². The van der Waals surface area contributed by atoms with Crippen LogP contribution in [0.2, 0.25) is 0 Å². The Hall–Kier alpha value is -17.0. The number of furan rings is 2. The summed E-state index contributed by atoms with van der Waals surface area (Å²) < 4.78 is 45.3. The fraction of sp³-hybridized carbons (Fsp3) is 0. The van der Waals surface area contributed by atoms with Gasteiger partial charge in [0.25, 0.3) is 0 Å². The highest BCUT2D eigenvalue weighted by Crippen LogP contribution is 2.51. The topological polar surface area (TPSA) is 46.0 Å². The second kappa shape index (κ2) is 31.1. The van der Waals surface area contributed by atoms with Gasteiger partial charge in [0.15, 0.2) is 0 Å². The Balaban J connectivity index is 0.000000102. The van der Waals surface area contributed by atoms with Crippen LogP contribution in [0.15, 0.2) is 464 Å². The van der Waals surface area contributed by atoms with Crippen LogP contribution in [0.5, 0.6) is 0 Å². The van der Waals surface area contributed by atoms with E-state index in [1.807, 2.05) is 53.0 Å². The third-order valence-corrected chi connectivity index (χ3v) is 31.1. The Morgan fingerprint density at radius 2 is 0.559 bits per heavy atom. The third-order valence-electron chi connectivity index (χ3n) is 27.7. The molecule has 0 saturated heterocycles. The van der Waals surface area contributed by atoms with Crippen molar-refractivity contribution in [2.24, 2.45) is 0 Å². The minimum Gasteiger partial charge on any atom is -0.455 e. The molecule has 9 heterocycles. The number of rotatable bonds is 9. The van der Waals surface area contributed by atoms with Gasteiger partial charge in [-0.1, -0.05) is 279 Å². The number of hydrogen-bond acceptors (Lipinski definition) is 5. The van der Waals surface area contributed by atoms with Crippen LogP contribution in [-0.4, -0.2) is 18.3 Å². The molecule has 0 N–H and O–H groups in total. The molecule has 136 heavy (non-hydrogen) atoms. The predicted octanol–water partition coefficient (Wildman–Crippen LogP) is 36.8. The number of para-hydroxylation sites is 7. The monoisotopic (exact) mass is 1790 g/mol. The van der Waals surface area contributed by atoms with Gasteiger partial charge in [-0.3, -0.25) is 0 Å². The first kappa shape index (κ1) is 77.7. The van der Waals surface area contributed by atoms with E-state index in [4.69, 9.17) is 8.83 Å². The molecule has 6 nitrogen and oxygen atoms in total. The normalized spacial score (nSPS) is 12.0. The van der Waals surface area contributed by atoms with Gasteiger partial charge in [0, 0.05) is 159 Å². The lowest BCUT2D eigenvalue weighted by atomic mass is 9.95. The Kier molecular flexibility index (Phi) is 17.8. The molecule has 0 bridgehead atoms. The van der Waals surface area contributed by atoms with Gasteiger partial charge in [0.05, 0.1) is 44.1 Å². The van der Waals surface area contributed by atoms with E-state index >= 15 is 0 Å². The van der Waals surface area contributed by atoms with Crippen molar-refractivity contribution in [2.75, 3.05) is 0 Å². The van der Waals surface area contributed by atoms with Crippen molar-refractivity contribution in [2.45, 2.75) is 0 Å². The summed E-state index contributed by atoms with van der Waals surface area (Å²) in [5.74, 6) is -0.221. The summed E-state index contributed by atoms with van der Waals surface area (Å²) in [6, 6.07) is 162. The maximum absolute atomic E-state index is 14.8. The van der Waals surface area contributed by atoms with E-state index in [1.165, 1.54) is 148 Å². The van der Waals surface area contributed by atoms with E-state index < -0.39 is 0 Å². The molecule has 30 rings (SSSR count). The molecule has 0 unspecified atom stereocenters. The number of nitrogens with zero attached hydrogens (tertiary/aromatic N) is 4. The molecule has 0 saturated carbocycles. The zero-order valence-corrected chi connectivity index (χ0v) is 75.5. The van der Waals surface area contributed by atoms with Gasteiger partial charge in [0.2, 0.25) is 0 Å². The maximum Gasteiger partial charge on any atom is 0.143 e. The highest BCUT2D eigenvalue weighted by Gasteiger charge is 2.27. The van der Waals surface area contributed by atoms with Gasteiger partial charge in [0.1, 0.15) is 28.1 Å². The number of aromatic nitrogens is 4. The van der Waals surface area contributed by atoms with Crippen molar-refractivity contribution in [3.63, 3.8) is 0 Å². The van der Waals surface area contributed by atoms with E-state index in [2.05, 4.69) is 431 Å². The second-order valence-corrected chi connectivity index (χ2v) is 38.6. The molecule has 30 aromatic rings. The van der Waals surface area contributed by atoms with Crippen molar-refractivity contribution in [1.82, 2.24) is 18.3 Å². The lowest BCUT2D eigenvalue weighted by Gasteiger charge is -2.14. The molecule has 0 spiro atoms. The van der Waals surface area contributed by atoms with Crippen LogP contribution in [0, 0.1) is 5.82 Å². The Morgan fingerprint density at radius 1 is 0.169 bits per heavy atom. The lowest BCUT2D eigenvalue weighted by molar-refractivity contribution is 0.629. The molecule has 9 aromatic heterocycles. The first-order valence-electron chi connectivity index (χ1n) is 46.0. The zero-order valence-electron chi connectivity index (χ0n) is 73.0. The fourth-order valence-corrected chi connectivity index (χ4v) is 25.1. The predicted molar refractivity (Wildman–Crippen MR) is 577 cm³/mol. The molecule has 0 atom stereocenters. The molecule has 0 fully saturated rings. The van der Waals surface area contributed by atoms with Crippen molar-refractivity contribution < 1.29 is 13.2 Å². The number of benzene rings is 21. The second-order valence-electron chi connectivity index (χ2n) is 35.3. The highest BCUT2D eigenvalue weighted by molar-refractivity contribution is 7.26. The molecule has 0 aliphatic heterocycles. The van der Waals surface area contributed by atoms with Crippen molar-refractivity contribution in [3.05, 3.63) is 461 Å². The van der Waals surface area contributed by atoms with Crippen LogP contribution in [0.3, 0.4) is 0 Å². The van der Waals surface area contributed by atoms with E-state index in [0.29, 0.717) is 0 Å². The SMILES string of the molecule is Fc1ccc2c(c1)c1c3c(ccc1n2-c1cc(-c2ccccc2)cc(-c2ccccc2)c1)sc1ccccc13.c1ccc(-c2ccc3c(c2)c2cc4c(cc2n3-c2ccc3c(c2)c2ccccc2n3-c2ccccc2)sc2ccccc24)cc1.c1ccc2c(c1)oc1c(-c3cc(-c4cccc5c4oc4ccccc45)cc(-n4c5ccccc5c5c6c(ccc54)sc4ccccc46)c3)cccc12. The van der Waals surface area contributed by atoms with E-state index in [1.54, 1.807) is 23.5 Å². The number of fused-ring (bicyclic) bond motifs is 29. The van der Waals surface area contributed by atoms with Crippen LogP contribution in [0.25, 0.3) is 270 Å². The highest BCUT2D eigenvalue weighted by atomic mass is 32.1. The standard InChI is InChI=1S/C48H27NO2S.C42H26N2S.C36H22FNS/c1-5-19-39-37(13-1)45-40(23-24-44-46(45)38-14-4-8-22-43(38)52-44)49(39)30-26-28(31-15-9-17-35-33-11-2-6-20-41(33)50-47(31)35)25-29(27-30)32-16-10-18-36-34-12-3-7-21-42(34)51-48(32)36;1-3-11-27(12-4-1)28-19-21-38-33(23-28)35-25-36-32-16-8-10-18-41(32)45-42(36)26-40(35)44(38)30-20-22-39-34(24-30)31-15-7-9-17-37(31)43(39)29-13-5-2-6-14-29;37-27-15-16-31-30(22-27)35-32(17-18-34-36(35)29-13-7-8-14-33(29)39-34)38(31)28-20-25(23-9-3-1-4-10-23)19-26(21-28)24-11-5-2-6-12-24/h1-27H;1-26H;1-22H. The Bertz CT molecular complexity index is 9980. The van der Waals surface area contributed by atoms with Gasteiger partial charge in [-0.05, 0) is 220 Å². The maximum atomic E-state index is 14.8. The van der Waals surface area contributed by atoms with Crippen molar-refractivity contribution >= 4 is 226 Å². The molecule has 0 radical (unpaired) electrons.